The van der Waals surface area contributed by atoms with Crippen LogP contribution in [0, 0.1) is 11.8 Å². The van der Waals surface area contributed by atoms with Gasteiger partial charge in [0.05, 0.1) is 6.10 Å². The van der Waals surface area contributed by atoms with Crippen molar-refractivity contribution in [1.29, 1.82) is 0 Å². The minimum absolute atomic E-state index is 0.199. The lowest BCUT2D eigenvalue weighted by Crippen LogP contribution is -2.36. The molecule has 1 aromatic rings. The van der Waals surface area contributed by atoms with Crippen molar-refractivity contribution in [3.05, 3.63) is 35.9 Å². The van der Waals surface area contributed by atoms with E-state index in [0.29, 0.717) is 0 Å². The van der Waals surface area contributed by atoms with E-state index in [0.717, 1.165) is 30.5 Å². The molecule has 1 N–H and O–H groups in total. The van der Waals surface area contributed by atoms with Crippen molar-refractivity contribution in [3.8, 4) is 0 Å². The standard InChI is InChI=1S/C15H23NO/c1-11-9-16(10-12(11)2)13(3)15(17)14-7-5-4-6-8-14/h4-8,11-13,15,17H,9-10H2,1-3H3/t11-,12-,13-,15-/m0/s1. The van der Waals surface area contributed by atoms with Crippen LogP contribution in [0.3, 0.4) is 0 Å². The van der Waals surface area contributed by atoms with E-state index < -0.39 is 0 Å². The van der Waals surface area contributed by atoms with Crippen molar-refractivity contribution >= 4 is 0 Å². The summed E-state index contributed by atoms with van der Waals surface area (Å²) in [6, 6.07) is 10.2. The number of rotatable bonds is 3. The van der Waals surface area contributed by atoms with E-state index in [1.807, 2.05) is 30.3 Å². The maximum absolute atomic E-state index is 10.4. The normalized spacial score (nSPS) is 29.2. The Balaban J connectivity index is 2.03. The van der Waals surface area contributed by atoms with Crippen molar-refractivity contribution in [2.75, 3.05) is 13.1 Å². The summed E-state index contributed by atoms with van der Waals surface area (Å²) in [4.78, 5) is 2.41. The van der Waals surface area contributed by atoms with Crippen LogP contribution in [0.4, 0.5) is 0 Å². The molecule has 17 heavy (non-hydrogen) atoms. The van der Waals surface area contributed by atoms with Crippen molar-refractivity contribution < 1.29 is 5.11 Å². The van der Waals surface area contributed by atoms with Crippen molar-refractivity contribution in [3.63, 3.8) is 0 Å². The molecule has 0 saturated carbocycles. The van der Waals surface area contributed by atoms with Gasteiger partial charge in [0.2, 0.25) is 0 Å². The molecule has 0 aromatic heterocycles. The van der Waals surface area contributed by atoms with Gasteiger partial charge >= 0.3 is 0 Å². The molecule has 2 heteroatoms. The summed E-state index contributed by atoms with van der Waals surface area (Å²) in [5, 5.41) is 10.4. The highest BCUT2D eigenvalue weighted by Crippen LogP contribution is 2.28. The Morgan fingerprint density at radius 2 is 1.65 bits per heavy atom. The fraction of sp³-hybridized carbons (Fsp3) is 0.600. The number of aliphatic hydroxyl groups is 1. The fourth-order valence-corrected chi connectivity index (χ4v) is 2.64. The summed E-state index contributed by atoms with van der Waals surface area (Å²) < 4.78 is 0. The van der Waals surface area contributed by atoms with Crippen LogP contribution in [0.25, 0.3) is 0 Å². The average Bonchev–Trinajstić information content (AvgIpc) is 2.69. The Morgan fingerprint density at radius 3 is 2.18 bits per heavy atom. The van der Waals surface area contributed by atoms with Crippen LogP contribution in [0.15, 0.2) is 30.3 Å². The molecule has 1 heterocycles. The molecule has 0 radical (unpaired) electrons. The zero-order valence-corrected chi connectivity index (χ0v) is 11.0. The molecular weight excluding hydrogens is 210 g/mol. The SMILES string of the molecule is C[C@H]1CN([C@@H](C)[C@H](O)c2ccccc2)C[C@@H]1C. The largest absolute Gasteiger partial charge is 0.387 e. The monoisotopic (exact) mass is 233 g/mol. The van der Waals surface area contributed by atoms with E-state index in [9.17, 15) is 5.11 Å². The maximum atomic E-state index is 10.4. The van der Waals surface area contributed by atoms with Crippen LogP contribution < -0.4 is 0 Å². The van der Waals surface area contributed by atoms with Gasteiger partial charge < -0.3 is 5.11 Å². The van der Waals surface area contributed by atoms with Crippen LogP contribution in [0.5, 0.6) is 0 Å². The molecule has 0 spiro atoms. The molecule has 2 nitrogen and oxygen atoms in total. The second-order valence-corrected chi connectivity index (χ2v) is 5.50. The first kappa shape index (κ1) is 12.6. The number of likely N-dealkylation sites (tertiary alicyclic amines) is 1. The lowest BCUT2D eigenvalue weighted by Gasteiger charge is -2.29. The Labute approximate surface area is 104 Å². The average molecular weight is 233 g/mol. The van der Waals surface area contributed by atoms with Gasteiger partial charge in [0, 0.05) is 19.1 Å². The predicted molar refractivity (Wildman–Crippen MR) is 70.8 cm³/mol. The van der Waals surface area contributed by atoms with Crippen molar-refractivity contribution in [1.82, 2.24) is 4.90 Å². The van der Waals surface area contributed by atoms with Crippen LogP contribution in [0.2, 0.25) is 0 Å². The summed E-state index contributed by atoms with van der Waals surface area (Å²) in [6.07, 6.45) is -0.381. The molecule has 0 amide bonds. The quantitative estimate of drug-likeness (QED) is 0.867. The van der Waals surface area contributed by atoms with E-state index in [4.69, 9.17) is 0 Å². The minimum atomic E-state index is -0.381. The van der Waals surface area contributed by atoms with E-state index in [1.54, 1.807) is 0 Å². The number of aliphatic hydroxyl groups excluding tert-OH is 1. The Morgan fingerprint density at radius 1 is 1.12 bits per heavy atom. The number of benzene rings is 1. The van der Waals surface area contributed by atoms with Gasteiger partial charge in [0.25, 0.3) is 0 Å². The second kappa shape index (κ2) is 5.19. The van der Waals surface area contributed by atoms with Gasteiger partial charge in [-0.3, -0.25) is 4.90 Å². The smallest absolute Gasteiger partial charge is 0.0942 e. The highest BCUT2D eigenvalue weighted by atomic mass is 16.3. The lowest BCUT2D eigenvalue weighted by atomic mass is 10.0. The molecule has 1 aliphatic rings. The highest BCUT2D eigenvalue weighted by Gasteiger charge is 2.32. The van der Waals surface area contributed by atoms with E-state index in [1.165, 1.54) is 0 Å². The second-order valence-electron chi connectivity index (χ2n) is 5.50. The van der Waals surface area contributed by atoms with Crippen LogP contribution in [-0.4, -0.2) is 29.1 Å². The molecule has 0 bridgehead atoms. The van der Waals surface area contributed by atoms with Gasteiger partial charge in [-0.05, 0) is 24.3 Å². The van der Waals surface area contributed by atoms with Crippen LogP contribution in [-0.2, 0) is 0 Å². The summed E-state index contributed by atoms with van der Waals surface area (Å²) >= 11 is 0. The molecular formula is C15H23NO. The van der Waals surface area contributed by atoms with Crippen LogP contribution in [0.1, 0.15) is 32.4 Å². The lowest BCUT2D eigenvalue weighted by molar-refractivity contribution is 0.0687. The summed E-state index contributed by atoms with van der Waals surface area (Å²) in [5.74, 6) is 1.47. The Kier molecular flexibility index (Phi) is 3.85. The zero-order chi connectivity index (χ0) is 12.4. The number of hydrogen-bond donors (Lipinski definition) is 1. The molecule has 94 valence electrons. The first-order valence-electron chi connectivity index (χ1n) is 6.56. The molecule has 1 aliphatic heterocycles. The molecule has 2 rings (SSSR count). The third-order valence-electron chi connectivity index (χ3n) is 4.19. The van der Waals surface area contributed by atoms with Gasteiger partial charge in [-0.1, -0.05) is 44.2 Å². The highest BCUT2D eigenvalue weighted by molar-refractivity contribution is 5.18. The first-order valence-corrected chi connectivity index (χ1v) is 6.56. The third-order valence-corrected chi connectivity index (χ3v) is 4.19. The Hall–Kier alpha value is -0.860. The van der Waals surface area contributed by atoms with Gasteiger partial charge in [-0.15, -0.1) is 0 Å². The van der Waals surface area contributed by atoms with E-state index >= 15 is 0 Å². The third kappa shape index (κ3) is 2.70. The number of hydrogen-bond acceptors (Lipinski definition) is 2. The molecule has 1 fully saturated rings. The van der Waals surface area contributed by atoms with Gasteiger partial charge in [0.15, 0.2) is 0 Å². The Bertz CT molecular complexity index is 341. The van der Waals surface area contributed by atoms with E-state index in [2.05, 4.69) is 25.7 Å². The fourth-order valence-electron chi connectivity index (χ4n) is 2.64. The molecule has 1 saturated heterocycles. The van der Waals surface area contributed by atoms with Gasteiger partial charge in [-0.2, -0.15) is 0 Å². The first-order chi connectivity index (χ1) is 8.09. The molecule has 1 aromatic carbocycles. The van der Waals surface area contributed by atoms with Gasteiger partial charge in [-0.25, -0.2) is 0 Å². The molecule has 0 unspecified atom stereocenters. The van der Waals surface area contributed by atoms with Gasteiger partial charge in [0.1, 0.15) is 0 Å². The van der Waals surface area contributed by atoms with E-state index in [-0.39, 0.29) is 12.1 Å². The predicted octanol–water partition coefficient (Wildman–Crippen LogP) is 2.70. The van der Waals surface area contributed by atoms with Crippen molar-refractivity contribution in [2.24, 2.45) is 11.8 Å². The molecule has 4 atom stereocenters. The van der Waals surface area contributed by atoms with Crippen molar-refractivity contribution in [2.45, 2.75) is 32.9 Å². The van der Waals surface area contributed by atoms with Crippen LogP contribution >= 0.6 is 0 Å². The summed E-state index contributed by atoms with van der Waals surface area (Å²) in [6.45, 7) is 8.93. The maximum Gasteiger partial charge on any atom is 0.0942 e. The molecule has 0 aliphatic carbocycles. The summed E-state index contributed by atoms with van der Waals surface area (Å²) in [7, 11) is 0. The summed E-state index contributed by atoms with van der Waals surface area (Å²) in [5.41, 5.74) is 1.02. The minimum Gasteiger partial charge on any atom is -0.387 e. The topological polar surface area (TPSA) is 23.5 Å². The number of nitrogens with zero attached hydrogens (tertiary/aromatic N) is 1. The zero-order valence-electron chi connectivity index (χ0n) is 11.0.